The second-order valence-electron chi connectivity index (χ2n) is 4.02. The van der Waals surface area contributed by atoms with Crippen LogP contribution in [-0.4, -0.2) is 27.4 Å². The van der Waals surface area contributed by atoms with Crippen LogP contribution < -0.4 is 0 Å². The average Bonchev–Trinajstić information content (AvgIpc) is 2.02. The molecule has 0 aromatic heterocycles. The van der Waals surface area contributed by atoms with E-state index >= 15 is 0 Å². The predicted octanol–water partition coefficient (Wildman–Crippen LogP) is 2.84. The average molecular weight is 228 g/mol. The maximum Gasteiger partial charge on any atom is 0.416 e. The molecule has 0 N–H and O–H groups in total. The fourth-order valence-electron chi connectivity index (χ4n) is 1.67. The molecule has 2 atom stereocenters. The van der Waals surface area contributed by atoms with E-state index in [4.69, 9.17) is 8.85 Å². The third-order valence-corrected chi connectivity index (χ3v) is 5.77. The lowest BCUT2D eigenvalue weighted by atomic mass is 10.0. The monoisotopic (exact) mass is 228 g/mol. The number of rotatable bonds is 1. The van der Waals surface area contributed by atoms with Crippen LogP contribution in [0.2, 0.25) is 12.6 Å². The van der Waals surface area contributed by atoms with Gasteiger partial charge in [0.15, 0.2) is 5.60 Å². The third kappa shape index (κ3) is 2.12. The van der Waals surface area contributed by atoms with Crippen molar-refractivity contribution in [3.8, 4) is 0 Å². The van der Waals surface area contributed by atoms with Crippen molar-refractivity contribution in [1.82, 2.24) is 0 Å². The largest absolute Gasteiger partial charge is 0.416 e. The van der Waals surface area contributed by atoms with Gasteiger partial charge in [0.05, 0.1) is 0 Å². The SMILES string of the molecule is CO[Si]1(C)CCCC(C)(C(F)(F)F)O1. The van der Waals surface area contributed by atoms with Gasteiger partial charge in [0, 0.05) is 7.11 Å². The fourth-order valence-corrected chi connectivity index (χ4v) is 4.05. The predicted molar refractivity (Wildman–Crippen MR) is 48.2 cm³/mol. The minimum Gasteiger partial charge on any atom is -0.398 e. The molecule has 2 unspecified atom stereocenters. The summed E-state index contributed by atoms with van der Waals surface area (Å²) in [5.41, 5.74) is -2.01. The van der Waals surface area contributed by atoms with Gasteiger partial charge in [0.2, 0.25) is 0 Å². The van der Waals surface area contributed by atoms with E-state index in [1.165, 1.54) is 7.11 Å². The normalized spacial score (nSPS) is 39.9. The lowest BCUT2D eigenvalue weighted by Gasteiger charge is -2.43. The highest BCUT2D eigenvalue weighted by molar-refractivity contribution is 6.66. The zero-order chi connectivity index (χ0) is 11.0. The zero-order valence-electron chi connectivity index (χ0n) is 8.57. The van der Waals surface area contributed by atoms with Gasteiger partial charge < -0.3 is 8.85 Å². The highest BCUT2D eigenvalue weighted by Crippen LogP contribution is 2.43. The van der Waals surface area contributed by atoms with Crippen LogP contribution in [0.5, 0.6) is 0 Å². The minimum atomic E-state index is -4.31. The van der Waals surface area contributed by atoms with Gasteiger partial charge in [-0.3, -0.25) is 0 Å². The Morgan fingerprint density at radius 2 is 2.00 bits per heavy atom. The third-order valence-electron chi connectivity index (χ3n) is 2.76. The van der Waals surface area contributed by atoms with Crippen molar-refractivity contribution in [2.75, 3.05) is 7.11 Å². The molecule has 0 aliphatic carbocycles. The number of hydrogen-bond acceptors (Lipinski definition) is 2. The van der Waals surface area contributed by atoms with Crippen LogP contribution in [0, 0.1) is 0 Å². The molecule has 1 saturated heterocycles. The highest BCUT2D eigenvalue weighted by atomic mass is 28.4. The standard InChI is InChI=1S/C8H15F3O2Si/c1-7(8(9,10)11)5-4-6-14(3,12-2)13-7/h4-6H2,1-3H3. The molecule has 0 spiro atoms. The van der Waals surface area contributed by atoms with E-state index in [2.05, 4.69) is 0 Å². The Labute approximate surface area is 82.6 Å². The van der Waals surface area contributed by atoms with Gasteiger partial charge >= 0.3 is 14.7 Å². The smallest absolute Gasteiger partial charge is 0.398 e. The van der Waals surface area contributed by atoms with E-state index < -0.39 is 20.3 Å². The maximum absolute atomic E-state index is 12.6. The Morgan fingerprint density at radius 1 is 1.43 bits per heavy atom. The summed E-state index contributed by atoms with van der Waals surface area (Å²) in [6, 6.07) is 0.634. The topological polar surface area (TPSA) is 18.5 Å². The molecule has 0 aromatic rings. The summed E-state index contributed by atoms with van der Waals surface area (Å²) < 4.78 is 48.2. The molecule has 1 heterocycles. The summed E-state index contributed by atoms with van der Waals surface area (Å²) in [6.07, 6.45) is -3.75. The second-order valence-corrected chi connectivity index (χ2v) is 7.40. The van der Waals surface area contributed by atoms with E-state index in [0.717, 1.165) is 6.92 Å². The van der Waals surface area contributed by atoms with E-state index in [1.54, 1.807) is 6.55 Å². The van der Waals surface area contributed by atoms with Crippen molar-refractivity contribution in [3.05, 3.63) is 0 Å². The molecule has 0 aromatic carbocycles. The molecule has 0 bridgehead atoms. The molecule has 84 valence electrons. The van der Waals surface area contributed by atoms with Gasteiger partial charge in [-0.25, -0.2) is 0 Å². The Bertz CT molecular complexity index is 221. The molecule has 1 aliphatic rings. The first-order chi connectivity index (χ1) is 6.22. The summed E-state index contributed by atoms with van der Waals surface area (Å²) in [5, 5.41) is 0. The molecule has 1 fully saturated rings. The molecular formula is C8H15F3O2Si. The molecule has 2 nitrogen and oxygen atoms in total. The van der Waals surface area contributed by atoms with Crippen molar-refractivity contribution in [3.63, 3.8) is 0 Å². The fraction of sp³-hybridized carbons (Fsp3) is 1.00. The molecular weight excluding hydrogens is 213 g/mol. The van der Waals surface area contributed by atoms with Crippen LogP contribution in [0.25, 0.3) is 0 Å². The van der Waals surface area contributed by atoms with Crippen LogP contribution in [0.15, 0.2) is 0 Å². The zero-order valence-corrected chi connectivity index (χ0v) is 9.57. The summed E-state index contributed by atoms with van der Waals surface area (Å²) in [6.45, 7) is 2.78. The molecule has 0 saturated carbocycles. The van der Waals surface area contributed by atoms with Gasteiger partial charge in [-0.1, -0.05) is 0 Å². The highest BCUT2D eigenvalue weighted by Gasteiger charge is 2.57. The summed E-state index contributed by atoms with van der Waals surface area (Å²) in [4.78, 5) is 0. The van der Waals surface area contributed by atoms with E-state index in [1.807, 2.05) is 0 Å². The van der Waals surface area contributed by atoms with Crippen LogP contribution in [0.1, 0.15) is 19.8 Å². The quantitative estimate of drug-likeness (QED) is 0.642. The van der Waals surface area contributed by atoms with Gasteiger partial charge in [0.1, 0.15) is 0 Å². The van der Waals surface area contributed by atoms with E-state index in [-0.39, 0.29) is 6.42 Å². The summed E-state index contributed by atoms with van der Waals surface area (Å²) in [5.74, 6) is 0. The van der Waals surface area contributed by atoms with Crippen molar-refractivity contribution in [2.24, 2.45) is 0 Å². The number of halogens is 3. The van der Waals surface area contributed by atoms with Crippen molar-refractivity contribution in [2.45, 2.75) is 44.1 Å². The number of alkyl halides is 3. The van der Waals surface area contributed by atoms with Gasteiger partial charge in [-0.05, 0) is 32.4 Å². The Morgan fingerprint density at radius 3 is 2.43 bits per heavy atom. The Kier molecular flexibility index (Phi) is 3.00. The molecule has 1 aliphatic heterocycles. The second kappa shape index (κ2) is 3.50. The molecule has 6 heteroatoms. The summed E-state index contributed by atoms with van der Waals surface area (Å²) >= 11 is 0. The first kappa shape index (κ1) is 12.0. The first-order valence-electron chi connectivity index (χ1n) is 4.54. The van der Waals surface area contributed by atoms with Crippen LogP contribution in [-0.2, 0) is 8.85 Å². The molecule has 1 rings (SSSR count). The van der Waals surface area contributed by atoms with Crippen molar-refractivity contribution < 1.29 is 22.0 Å². The molecule has 0 amide bonds. The van der Waals surface area contributed by atoms with Crippen LogP contribution >= 0.6 is 0 Å². The van der Waals surface area contributed by atoms with Gasteiger partial charge in [0.25, 0.3) is 0 Å². The van der Waals surface area contributed by atoms with Crippen LogP contribution in [0.3, 0.4) is 0 Å². The van der Waals surface area contributed by atoms with E-state index in [9.17, 15) is 13.2 Å². The molecule has 14 heavy (non-hydrogen) atoms. The van der Waals surface area contributed by atoms with Crippen molar-refractivity contribution in [1.29, 1.82) is 0 Å². The lowest BCUT2D eigenvalue weighted by Crippen LogP contribution is -2.57. The minimum absolute atomic E-state index is 0.0302. The number of hydrogen-bond donors (Lipinski definition) is 0. The maximum atomic E-state index is 12.6. The lowest BCUT2D eigenvalue weighted by molar-refractivity contribution is -0.255. The van der Waals surface area contributed by atoms with Gasteiger partial charge in [-0.2, -0.15) is 13.2 Å². The van der Waals surface area contributed by atoms with E-state index in [0.29, 0.717) is 12.5 Å². The molecule has 0 radical (unpaired) electrons. The first-order valence-corrected chi connectivity index (χ1v) is 7.07. The van der Waals surface area contributed by atoms with Gasteiger partial charge in [-0.15, -0.1) is 0 Å². The Balaban J connectivity index is 2.82. The van der Waals surface area contributed by atoms with Crippen molar-refractivity contribution >= 4 is 8.56 Å². The Hall–Kier alpha value is -0.0731. The summed E-state index contributed by atoms with van der Waals surface area (Å²) in [7, 11) is -1.15. The van der Waals surface area contributed by atoms with Crippen LogP contribution in [0.4, 0.5) is 13.2 Å².